The Hall–Kier alpha value is -2.83. The highest BCUT2D eigenvalue weighted by Gasteiger charge is 2.19. The number of amides is 1. The highest BCUT2D eigenvalue weighted by atomic mass is 32.2. The van der Waals surface area contributed by atoms with Crippen molar-refractivity contribution in [2.24, 2.45) is 0 Å². The van der Waals surface area contributed by atoms with E-state index in [2.05, 4.69) is 20.3 Å². The van der Waals surface area contributed by atoms with Crippen molar-refractivity contribution in [3.63, 3.8) is 0 Å². The van der Waals surface area contributed by atoms with E-state index < -0.39 is 10.0 Å². The fourth-order valence-corrected chi connectivity index (χ4v) is 3.61. The highest BCUT2D eigenvalue weighted by Crippen LogP contribution is 2.15. The molecule has 1 aliphatic heterocycles. The number of carbonyl (C=O) groups excluding carboxylic acids is 1. The van der Waals surface area contributed by atoms with Crippen LogP contribution in [0.2, 0.25) is 0 Å². The Balaban J connectivity index is 1.69. The van der Waals surface area contributed by atoms with Crippen molar-refractivity contribution in [3.05, 3.63) is 35.7 Å². The Morgan fingerprint density at radius 2 is 1.83 bits per heavy atom. The molecule has 1 fully saturated rings. The van der Waals surface area contributed by atoms with Crippen LogP contribution in [0.1, 0.15) is 16.2 Å². The number of carbonyl (C=O) groups is 1. The van der Waals surface area contributed by atoms with Crippen LogP contribution in [0.4, 0.5) is 5.95 Å². The molecule has 0 spiro atoms. The third kappa shape index (κ3) is 5.01. The van der Waals surface area contributed by atoms with Crippen LogP contribution in [-0.2, 0) is 21.3 Å². The first-order valence-corrected chi connectivity index (χ1v) is 10.7. The van der Waals surface area contributed by atoms with Gasteiger partial charge in [-0.1, -0.05) is 0 Å². The Morgan fingerprint density at radius 3 is 2.43 bits per heavy atom. The van der Waals surface area contributed by atoms with Crippen LogP contribution in [0.15, 0.2) is 29.2 Å². The summed E-state index contributed by atoms with van der Waals surface area (Å²) in [5, 5.41) is 2.73. The van der Waals surface area contributed by atoms with Gasteiger partial charge in [-0.2, -0.15) is 15.0 Å². The molecule has 1 aromatic heterocycles. The molecule has 0 unspecified atom stereocenters. The summed E-state index contributed by atoms with van der Waals surface area (Å²) in [6.45, 7) is 2.54. The standard InChI is InChI=1S/C18H24N6O5S/c1-23(2)30(26,27)14-6-4-13(5-7-14)16(25)19-12-15-20-17(22-18(21-15)28-3)24-8-10-29-11-9-24/h4-7H,8-12H2,1-3H3,(H,19,25). The fourth-order valence-electron chi connectivity index (χ4n) is 2.71. The third-order valence-electron chi connectivity index (χ3n) is 4.43. The first-order chi connectivity index (χ1) is 14.3. The number of hydrogen-bond donors (Lipinski definition) is 1. The van der Waals surface area contributed by atoms with Gasteiger partial charge in [0.2, 0.25) is 16.0 Å². The van der Waals surface area contributed by atoms with Gasteiger partial charge in [-0.05, 0) is 24.3 Å². The molecule has 0 bridgehead atoms. The minimum atomic E-state index is -3.55. The van der Waals surface area contributed by atoms with Gasteiger partial charge < -0.3 is 19.7 Å². The van der Waals surface area contributed by atoms with Crippen LogP contribution in [0.5, 0.6) is 6.01 Å². The molecule has 1 N–H and O–H groups in total. The largest absolute Gasteiger partial charge is 0.467 e. The van der Waals surface area contributed by atoms with Crippen molar-refractivity contribution in [1.82, 2.24) is 24.6 Å². The number of anilines is 1. The van der Waals surface area contributed by atoms with E-state index in [1.807, 2.05) is 4.90 Å². The zero-order valence-corrected chi connectivity index (χ0v) is 17.8. The Kier molecular flexibility index (Phi) is 6.80. The van der Waals surface area contributed by atoms with Crippen LogP contribution < -0.4 is 15.0 Å². The second kappa shape index (κ2) is 9.32. The number of sulfonamides is 1. The van der Waals surface area contributed by atoms with Crippen LogP contribution in [0.3, 0.4) is 0 Å². The number of methoxy groups -OCH3 is 1. The number of nitrogens with zero attached hydrogens (tertiary/aromatic N) is 5. The van der Waals surface area contributed by atoms with Crippen molar-refractivity contribution in [2.75, 3.05) is 52.4 Å². The molecule has 162 valence electrons. The van der Waals surface area contributed by atoms with Gasteiger partial charge in [0.25, 0.3) is 5.91 Å². The summed E-state index contributed by atoms with van der Waals surface area (Å²) in [6, 6.07) is 5.87. The molecule has 1 aromatic carbocycles. The number of rotatable bonds is 7. The van der Waals surface area contributed by atoms with Gasteiger partial charge in [0.15, 0.2) is 5.82 Å². The minimum absolute atomic E-state index is 0.0623. The number of hydrogen-bond acceptors (Lipinski definition) is 9. The second-order valence-electron chi connectivity index (χ2n) is 6.63. The number of ether oxygens (including phenoxy) is 2. The van der Waals surface area contributed by atoms with Crippen molar-refractivity contribution < 1.29 is 22.7 Å². The van der Waals surface area contributed by atoms with Gasteiger partial charge in [0, 0.05) is 32.7 Å². The van der Waals surface area contributed by atoms with E-state index in [0.29, 0.717) is 43.6 Å². The second-order valence-corrected chi connectivity index (χ2v) is 8.78. The van der Waals surface area contributed by atoms with Crippen LogP contribution in [0, 0.1) is 0 Å². The Bertz CT molecular complexity index is 991. The summed E-state index contributed by atoms with van der Waals surface area (Å²) >= 11 is 0. The third-order valence-corrected chi connectivity index (χ3v) is 6.26. The lowest BCUT2D eigenvalue weighted by Gasteiger charge is -2.26. The van der Waals surface area contributed by atoms with Crippen molar-refractivity contribution in [3.8, 4) is 6.01 Å². The summed E-state index contributed by atoms with van der Waals surface area (Å²) in [6.07, 6.45) is 0. The van der Waals surface area contributed by atoms with Gasteiger partial charge in [0.05, 0.1) is 31.8 Å². The van der Waals surface area contributed by atoms with Crippen LogP contribution >= 0.6 is 0 Å². The molecule has 11 nitrogen and oxygen atoms in total. The molecule has 12 heteroatoms. The molecule has 0 radical (unpaired) electrons. The van der Waals surface area contributed by atoms with Crippen LogP contribution in [0.25, 0.3) is 0 Å². The molecule has 0 aliphatic carbocycles. The van der Waals surface area contributed by atoms with E-state index in [9.17, 15) is 13.2 Å². The summed E-state index contributed by atoms with van der Waals surface area (Å²) in [4.78, 5) is 27.4. The fraction of sp³-hybridized carbons (Fsp3) is 0.444. The topological polar surface area (TPSA) is 127 Å². The molecule has 2 aromatic rings. The van der Waals surface area contributed by atoms with E-state index >= 15 is 0 Å². The number of nitrogens with one attached hydrogen (secondary N) is 1. The first kappa shape index (κ1) is 21.9. The monoisotopic (exact) mass is 436 g/mol. The molecule has 1 aliphatic rings. The van der Waals surface area contributed by atoms with E-state index in [0.717, 1.165) is 4.31 Å². The van der Waals surface area contributed by atoms with Crippen LogP contribution in [-0.4, -0.2) is 81.1 Å². The van der Waals surface area contributed by atoms with Crippen molar-refractivity contribution in [2.45, 2.75) is 11.4 Å². The zero-order chi connectivity index (χ0) is 21.7. The SMILES string of the molecule is COc1nc(CNC(=O)c2ccc(S(=O)(=O)N(C)C)cc2)nc(N2CCOCC2)n1. The van der Waals surface area contributed by atoms with Gasteiger partial charge in [-0.3, -0.25) is 4.79 Å². The molecule has 0 atom stereocenters. The number of morpholine rings is 1. The predicted molar refractivity (Wildman–Crippen MR) is 108 cm³/mol. The average molecular weight is 436 g/mol. The summed E-state index contributed by atoms with van der Waals surface area (Å²) in [7, 11) is 0.809. The zero-order valence-electron chi connectivity index (χ0n) is 17.0. The predicted octanol–water partition coefficient (Wildman–Crippen LogP) is -0.103. The lowest BCUT2D eigenvalue weighted by Crippen LogP contribution is -2.37. The summed E-state index contributed by atoms with van der Waals surface area (Å²) in [5.74, 6) is 0.437. The quantitative estimate of drug-likeness (QED) is 0.633. The maximum absolute atomic E-state index is 12.5. The molecule has 1 saturated heterocycles. The minimum Gasteiger partial charge on any atom is -0.467 e. The van der Waals surface area contributed by atoms with Gasteiger partial charge in [-0.15, -0.1) is 0 Å². The lowest BCUT2D eigenvalue weighted by molar-refractivity contribution is 0.0949. The molecule has 1 amide bonds. The number of aromatic nitrogens is 3. The van der Waals surface area contributed by atoms with E-state index in [-0.39, 0.29) is 23.4 Å². The summed E-state index contributed by atoms with van der Waals surface area (Å²) in [5.41, 5.74) is 0.321. The maximum atomic E-state index is 12.5. The summed E-state index contributed by atoms with van der Waals surface area (Å²) < 4.78 is 35.9. The smallest absolute Gasteiger partial charge is 0.321 e. The highest BCUT2D eigenvalue weighted by molar-refractivity contribution is 7.89. The molecule has 3 rings (SSSR count). The molecular weight excluding hydrogens is 412 g/mol. The first-order valence-electron chi connectivity index (χ1n) is 9.23. The molecule has 2 heterocycles. The Morgan fingerprint density at radius 1 is 1.17 bits per heavy atom. The van der Waals surface area contributed by atoms with E-state index in [1.54, 1.807) is 0 Å². The van der Waals surface area contributed by atoms with Gasteiger partial charge >= 0.3 is 6.01 Å². The van der Waals surface area contributed by atoms with E-state index in [4.69, 9.17) is 9.47 Å². The average Bonchev–Trinajstić information content (AvgIpc) is 2.77. The molecular formula is C18H24N6O5S. The van der Waals surface area contributed by atoms with Gasteiger partial charge in [0.1, 0.15) is 0 Å². The van der Waals surface area contributed by atoms with Crippen molar-refractivity contribution >= 4 is 21.9 Å². The van der Waals surface area contributed by atoms with Gasteiger partial charge in [-0.25, -0.2) is 12.7 Å². The maximum Gasteiger partial charge on any atom is 0.321 e. The van der Waals surface area contributed by atoms with E-state index in [1.165, 1.54) is 45.5 Å². The van der Waals surface area contributed by atoms with Crippen molar-refractivity contribution in [1.29, 1.82) is 0 Å². The normalized spacial score (nSPS) is 14.6. The molecule has 30 heavy (non-hydrogen) atoms. The Labute approximate surface area is 175 Å². The lowest BCUT2D eigenvalue weighted by atomic mass is 10.2. The number of benzene rings is 1. The molecule has 0 saturated carbocycles.